The van der Waals surface area contributed by atoms with Gasteiger partial charge in [0.1, 0.15) is 0 Å². The van der Waals surface area contributed by atoms with Gasteiger partial charge in [0.15, 0.2) is 0 Å². The highest BCUT2D eigenvalue weighted by Gasteiger charge is 2.25. The number of hydrogen-bond acceptors (Lipinski definition) is 2. The van der Waals surface area contributed by atoms with Crippen LogP contribution in [-0.2, 0) is 17.6 Å². The van der Waals surface area contributed by atoms with Crippen LogP contribution < -0.4 is 0 Å². The van der Waals surface area contributed by atoms with Crippen LogP contribution in [0.5, 0.6) is 0 Å². The Labute approximate surface area is 122 Å². The van der Waals surface area contributed by atoms with Crippen molar-refractivity contribution in [1.82, 2.24) is 0 Å². The summed E-state index contributed by atoms with van der Waals surface area (Å²) in [5, 5.41) is 10.4. The maximum atomic E-state index is 10.4. The van der Waals surface area contributed by atoms with Crippen LogP contribution in [0.3, 0.4) is 0 Å². The summed E-state index contributed by atoms with van der Waals surface area (Å²) in [6.45, 7) is 0.937. The minimum atomic E-state index is -0.134. The van der Waals surface area contributed by atoms with E-state index in [4.69, 9.17) is 4.74 Å². The van der Waals surface area contributed by atoms with Crippen LogP contribution in [-0.4, -0.2) is 23.9 Å². The molecule has 3 unspecified atom stereocenters. The third-order valence-corrected chi connectivity index (χ3v) is 4.98. The van der Waals surface area contributed by atoms with Crippen molar-refractivity contribution < 1.29 is 9.84 Å². The molecule has 1 N–H and O–H groups in total. The molecule has 1 saturated heterocycles. The van der Waals surface area contributed by atoms with Crippen LogP contribution in [0.1, 0.15) is 49.7 Å². The molecule has 1 aliphatic heterocycles. The lowest BCUT2D eigenvalue weighted by molar-refractivity contribution is 0.0724. The molecular formula is C18H26O2. The van der Waals surface area contributed by atoms with E-state index in [1.807, 2.05) is 0 Å². The fourth-order valence-corrected chi connectivity index (χ4v) is 3.72. The minimum Gasteiger partial charge on any atom is -0.393 e. The lowest BCUT2D eigenvalue weighted by Gasteiger charge is -2.28. The second-order valence-electron chi connectivity index (χ2n) is 6.40. The molecule has 3 rings (SSSR count). The fraction of sp³-hybridized carbons (Fsp3) is 0.667. The number of ether oxygens (including phenoxy) is 1. The normalized spacial score (nSPS) is 27.2. The first-order chi connectivity index (χ1) is 9.83. The number of aliphatic hydroxyl groups is 1. The highest BCUT2D eigenvalue weighted by atomic mass is 16.5. The van der Waals surface area contributed by atoms with Gasteiger partial charge in [-0.2, -0.15) is 0 Å². The van der Waals surface area contributed by atoms with E-state index in [1.54, 1.807) is 0 Å². The molecule has 2 aliphatic rings. The van der Waals surface area contributed by atoms with Gasteiger partial charge in [0.05, 0.1) is 12.2 Å². The number of rotatable bonds is 5. The Bertz CT molecular complexity index is 423. The van der Waals surface area contributed by atoms with E-state index in [2.05, 4.69) is 24.3 Å². The number of fused-ring (bicyclic) bond motifs is 1. The molecule has 110 valence electrons. The largest absolute Gasteiger partial charge is 0.393 e. The molecular weight excluding hydrogens is 248 g/mol. The monoisotopic (exact) mass is 274 g/mol. The first kappa shape index (κ1) is 14.1. The zero-order valence-corrected chi connectivity index (χ0v) is 12.3. The van der Waals surface area contributed by atoms with Gasteiger partial charge < -0.3 is 9.84 Å². The second-order valence-corrected chi connectivity index (χ2v) is 6.40. The Morgan fingerprint density at radius 1 is 1.20 bits per heavy atom. The van der Waals surface area contributed by atoms with Crippen LogP contribution in [0.2, 0.25) is 0 Å². The standard InChI is InChI=1S/C18H26O2/c19-18(9-3-7-17-8-4-12-20-17)16-11-10-14-5-1-2-6-15(14)13-16/h1-2,5-6,16-19H,3-4,7-13H2. The molecule has 2 nitrogen and oxygen atoms in total. The Hall–Kier alpha value is -0.860. The van der Waals surface area contributed by atoms with Gasteiger partial charge >= 0.3 is 0 Å². The Morgan fingerprint density at radius 2 is 2.05 bits per heavy atom. The molecule has 1 aromatic carbocycles. The Balaban J connectivity index is 1.45. The van der Waals surface area contributed by atoms with Gasteiger partial charge in [-0.1, -0.05) is 24.3 Å². The smallest absolute Gasteiger partial charge is 0.0576 e. The van der Waals surface area contributed by atoms with E-state index in [9.17, 15) is 5.11 Å². The molecule has 0 amide bonds. The topological polar surface area (TPSA) is 29.5 Å². The van der Waals surface area contributed by atoms with E-state index in [0.29, 0.717) is 12.0 Å². The summed E-state index contributed by atoms with van der Waals surface area (Å²) >= 11 is 0. The summed E-state index contributed by atoms with van der Waals surface area (Å²) in [7, 11) is 0. The maximum Gasteiger partial charge on any atom is 0.0576 e. The fourth-order valence-electron chi connectivity index (χ4n) is 3.72. The molecule has 2 heteroatoms. The molecule has 0 saturated carbocycles. The van der Waals surface area contributed by atoms with E-state index >= 15 is 0 Å². The van der Waals surface area contributed by atoms with Gasteiger partial charge in [-0.25, -0.2) is 0 Å². The first-order valence-electron chi connectivity index (χ1n) is 8.19. The molecule has 1 fully saturated rings. The third kappa shape index (κ3) is 3.42. The number of benzene rings is 1. The summed E-state index contributed by atoms with van der Waals surface area (Å²) < 4.78 is 5.65. The summed E-state index contributed by atoms with van der Waals surface area (Å²) in [5.41, 5.74) is 2.93. The molecule has 0 aromatic heterocycles. The van der Waals surface area contributed by atoms with Crippen molar-refractivity contribution >= 4 is 0 Å². The van der Waals surface area contributed by atoms with Crippen molar-refractivity contribution in [1.29, 1.82) is 0 Å². The average Bonchev–Trinajstić information content (AvgIpc) is 3.00. The molecule has 1 aromatic rings. The number of hydrogen-bond donors (Lipinski definition) is 1. The SMILES string of the molecule is OC(CCCC1CCCO1)C1CCc2ccccc2C1. The van der Waals surface area contributed by atoms with Gasteiger partial charge in [0.25, 0.3) is 0 Å². The molecule has 0 bridgehead atoms. The maximum absolute atomic E-state index is 10.4. The summed E-state index contributed by atoms with van der Waals surface area (Å²) in [4.78, 5) is 0. The van der Waals surface area contributed by atoms with Crippen molar-refractivity contribution in [3.05, 3.63) is 35.4 Å². The zero-order chi connectivity index (χ0) is 13.8. The van der Waals surface area contributed by atoms with Crippen LogP contribution in [0.4, 0.5) is 0 Å². The van der Waals surface area contributed by atoms with E-state index in [1.165, 1.54) is 24.0 Å². The Kier molecular flexibility index (Phi) is 4.74. The molecule has 20 heavy (non-hydrogen) atoms. The summed E-state index contributed by atoms with van der Waals surface area (Å²) in [6.07, 6.45) is 9.24. The van der Waals surface area contributed by atoms with Gasteiger partial charge in [-0.15, -0.1) is 0 Å². The minimum absolute atomic E-state index is 0.134. The van der Waals surface area contributed by atoms with Crippen LogP contribution >= 0.6 is 0 Å². The van der Waals surface area contributed by atoms with Crippen LogP contribution in [0.25, 0.3) is 0 Å². The van der Waals surface area contributed by atoms with E-state index in [0.717, 1.165) is 45.1 Å². The van der Waals surface area contributed by atoms with Crippen LogP contribution in [0.15, 0.2) is 24.3 Å². The lowest BCUT2D eigenvalue weighted by Crippen LogP contribution is -2.27. The molecule has 1 heterocycles. The van der Waals surface area contributed by atoms with Crippen molar-refractivity contribution in [3.63, 3.8) is 0 Å². The molecule has 0 radical (unpaired) electrons. The van der Waals surface area contributed by atoms with Crippen LogP contribution in [0, 0.1) is 5.92 Å². The summed E-state index contributed by atoms with van der Waals surface area (Å²) in [5.74, 6) is 0.453. The van der Waals surface area contributed by atoms with Gasteiger partial charge in [0, 0.05) is 6.61 Å². The van der Waals surface area contributed by atoms with Gasteiger partial charge in [-0.05, 0) is 68.4 Å². The summed E-state index contributed by atoms with van der Waals surface area (Å²) in [6, 6.07) is 8.69. The van der Waals surface area contributed by atoms with Crippen molar-refractivity contribution in [2.45, 2.75) is 63.6 Å². The predicted octanol–water partition coefficient (Wildman–Crippen LogP) is 3.50. The van der Waals surface area contributed by atoms with Crippen molar-refractivity contribution in [2.75, 3.05) is 6.61 Å². The highest BCUT2D eigenvalue weighted by Crippen LogP contribution is 2.29. The van der Waals surface area contributed by atoms with Crippen molar-refractivity contribution in [2.24, 2.45) is 5.92 Å². The predicted molar refractivity (Wildman–Crippen MR) is 80.8 cm³/mol. The molecule has 1 aliphatic carbocycles. The molecule has 0 spiro atoms. The average molecular weight is 274 g/mol. The lowest BCUT2D eigenvalue weighted by atomic mass is 9.80. The highest BCUT2D eigenvalue weighted by molar-refractivity contribution is 5.29. The van der Waals surface area contributed by atoms with Gasteiger partial charge in [0.2, 0.25) is 0 Å². The number of aryl methyl sites for hydroxylation is 1. The third-order valence-electron chi connectivity index (χ3n) is 4.98. The quantitative estimate of drug-likeness (QED) is 0.890. The zero-order valence-electron chi connectivity index (χ0n) is 12.3. The van der Waals surface area contributed by atoms with E-state index < -0.39 is 0 Å². The first-order valence-corrected chi connectivity index (χ1v) is 8.19. The Morgan fingerprint density at radius 3 is 2.85 bits per heavy atom. The van der Waals surface area contributed by atoms with Gasteiger partial charge in [-0.3, -0.25) is 0 Å². The molecule has 3 atom stereocenters. The second kappa shape index (κ2) is 6.73. The van der Waals surface area contributed by atoms with E-state index in [-0.39, 0.29) is 6.10 Å². The number of aliphatic hydroxyl groups excluding tert-OH is 1. The van der Waals surface area contributed by atoms with Crippen molar-refractivity contribution in [3.8, 4) is 0 Å².